The van der Waals surface area contributed by atoms with Crippen LogP contribution in [0.3, 0.4) is 0 Å². The molecule has 2 fully saturated rings. The zero-order chi connectivity index (χ0) is 22.3. The van der Waals surface area contributed by atoms with E-state index in [0.29, 0.717) is 49.9 Å². The van der Waals surface area contributed by atoms with Crippen molar-refractivity contribution in [2.24, 2.45) is 11.8 Å². The van der Waals surface area contributed by atoms with Crippen molar-refractivity contribution < 1.29 is 8.42 Å². The van der Waals surface area contributed by atoms with E-state index in [1.165, 1.54) is 6.26 Å². The Kier molecular flexibility index (Phi) is 5.27. The first-order valence-corrected chi connectivity index (χ1v) is 12.5. The van der Waals surface area contributed by atoms with Crippen LogP contribution in [-0.2, 0) is 16.4 Å². The van der Waals surface area contributed by atoms with Gasteiger partial charge in [-0.25, -0.2) is 32.7 Å². The van der Waals surface area contributed by atoms with Crippen LogP contribution in [0.25, 0.3) is 22.4 Å². The van der Waals surface area contributed by atoms with E-state index in [-0.39, 0.29) is 11.8 Å². The fourth-order valence-electron chi connectivity index (χ4n) is 4.38. The normalized spacial score (nSPS) is 20.2. The molecule has 0 spiro atoms. The van der Waals surface area contributed by atoms with Crippen molar-refractivity contribution in [2.75, 3.05) is 37.3 Å². The molecule has 0 aliphatic carbocycles. The first-order valence-electron chi connectivity index (χ1n) is 10.7. The van der Waals surface area contributed by atoms with Crippen molar-refractivity contribution in [3.05, 3.63) is 30.4 Å². The summed E-state index contributed by atoms with van der Waals surface area (Å²) in [7, 11) is -3.22. The number of nitriles is 1. The zero-order valence-electron chi connectivity index (χ0n) is 17.8. The topological polar surface area (TPSA) is 132 Å². The third-order valence-corrected chi connectivity index (χ3v) is 7.44. The van der Waals surface area contributed by atoms with Gasteiger partial charge in [0.05, 0.1) is 35.8 Å². The van der Waals surface area contributed by atoms with E-state index in [4.69, 9.17) is 15.2 Å². The number of hydrogen-bond donors (Lipinski definition) is 1. The van der Waals surface area contributed by atoms with E-state index in [0.717, 1.165) is 29.6 Å². The molecule has 1 N–H and O–H groups in total. The quantitative estimate of drug-likeness (QED) is 0.617. The van der Waals surface area contributed by atoms with Gasteiger partial charge in [-0.05, 0) is 31.2 Å². The molecule has 5 heterocycles. The van der Waals surface area contributed by atoms with Crippen LogP contribution >= 0.6 is 0 Å². The first kappa shape index (κ1) is 20.8. The van der Waals surface area contributed by atoms with E-state index in [9.17, 15) is 8.42 Å². The molecule has 11 heteroatoms. The van der Waals surface area contributed by atoms with Crippen LogP contribution in [0.2, 0.25) is 0 Å². The number of piperidine rings is 1. The second kappa shape index (κ2) is 8.11. The van der Waals surface area contributed by atoms with E-state index < -0.39 is 10.0 Å². The number of aromatic amines is 1. The molecule has 2 saturated heterocycles. The molecular weight excluding hydrogens is 428 g/mol. The van der Waals surface area contributed by atoms with E-state index in [1.54, 1.807) is 22.9 Å². The number of H-pyrrole nitrogens is 1. The fraction of sp³-hybridized carbons (Fsp3) is 0.476. The smallest absolute Gasteiger partial charge is 0.225 e. The molecule has 0 aromatic carbocycles. The molecule has 10 nitrogen and oxygen atoms in total. The van der Waals surface area contributed by atoms with Crippen LogP contribution < -0.4 is 4.90 Å². The molecule has 0 amide bonds. The monoisotopic (exact) mass is 452 g/mol. The van der Waals surface area contributed by atoms with Crippen molar-refractivity contribution in [2.45, 2.75) is 19.3 Å². The number of fused-ring (bicyclic) bond motifs is 1. The lowest BCUT2D eigenvalue weighted by molar-refractivity contribution is 0.265. The van der Waals surface area contributed by atoms with E-state index in [2.05, 4.69) is 21.0 Å². The van der Waals surface area contributed by atoms with Crippen LogP contribution in [-0.4, -0.2) is 70.1 Å². The average Bonchev–Trinajstić information content (AvgIpc) is 3.21. The largest absolute Gasteiger partial charge is 0.345 e. The summed E-state index contributed by atoms with van der Waals surface area (Å²) in [5, 5.41) is 9.08. The van der Waals surface area contributed by atoms with E-state index in [1.807, 2.05) is 11.0 Å². The minimum Gasteiger partial charge on any atom is -0.345 e. The highest BCUT2D eigenvalue weighted by atomic mass is 32.2. The summed E-state index contributed by atoms with van der Waals surface area (Å²) in [6.45, 7) is 2.29. The van der Waals surface area contributed by atoms with Gasteiger partial charge in [-0.15, -0.1) is 0 Å². The molecule has 0 bridgehead atoms. The lowest BCUT2D eigenvalue weighted by atomic mass is 9.92. The number of aromatic nitrogens is 5. The third-order valence-electron chi connectivity index (χ3n) is 6.17. The highest BCUT2D eigenvalue weighted by Crippen LogP contribution is 2.30. The molecule has 0 saturated carbocycles. The maximum absolute atomic E-state index is 12.1. The molecule has 3 aromatic rings. The summed E-state index contributed by atoms with van der Waals surface area (Å²) in [5.41, 5.74) is 3.80. The number of rotatable bonds is 5. The van der Waals surface area contributed by atoms with Gasteiger partial charge in [0.1, 0.15) is 5.52 Å². The maximum Gasteiger partial charge on any atom is 0.225 e. The van der Waals surface area contributed by atoms with Gasteiger partial charge in [0, 0.05) is 44.1 Å². The van der Waals surface area contributed by atoms with Crippen molar-refractivity contribution >= 4 is 27.1 Å². The molecule has 2 aliphatic heterocycles. The Bertz CT molecular complexity index is 1290. The first-order chi connectivity index (χ1) is 15.4. The molecular formula is C21H24N8O2S. The summed E-state index contributed by atoms with van der Waals surface area (Å²) in [4.78, 5) is 23.6. The predicted octanol–water partition coefficient (Wildman–Crippen LogP) is 1.59. The van der Waals surface area contributed by atoms with Gasteiger partial charge in [-0.3, -0.25) is 0 Å². The lowest BCUT2D eigenvalue weighted by Crippen LogP contribution is -2.47. The van der Waals surface area contributed by atoms with Gasteiger partial charge in [0.15, 0.2) is 5.65 Å². The van der Waals surface area contributed by atoms with Gasteiger partial charge in [-0.1, -0.05) is 0 Å². The summed E-state index contributed by atoms with van der Waals surface area (Å²) in [6, 6.07) is 4.14. The van der Waals surface area contributed by atoms with Crippen LogP contribution in [0.1, 0.15) is 18.5 Å². The second-order valence-electron chi connectivity index (χ2n) is 8.56. The standard InChI is InChI=1S/C21H24N8O2S/c1-32(30,31)29-6-2-3-14(13-29)7-18-16(19-10-24-20-17(26-19)4-5-23-20)9-25-21(27-18)28-11-15(8-22)12-28/h4-5,9-10,14-15H,2-3,6-7,11-13H2,1H3,(H,23,24)/t14-/m1/s1. The number of nitrogens with one attached hydrogen (secondary N) is 1. The average molecular weight is 453 g/mol. The molecule has 0 radical (unpaired) electrons. The molecule has 5 rings (SSSR count). The predicted molar refractivity (Wildman–Crippen MR) is 119 cm³/mol. The lowest BCUT2D eigenvalue weighted by Gasteiger charge is -2.35. The SMILES string of the molecule is CS(=O)(=O)N1CCC[C@H](Cc2nc(N3CC(C#N)C3)ncc2-c2cnc3[nH]ccc3n2)C1. The van der Waals surface area contributed by atoms with Crippen molar-refractivity contribution in [3.63, 3.8) is 0 Å². The van der Waals surface area contributed by atoms with Gasteiger partial charge in [0.25, 0.3) is 0 Å². The molecule has 1 atom stereocenters. The third kappa shape index (κ3) is 4.03. The Labute approximate surface area is 186 Å². The van der Waals surface area contributed by atoms with Crippen molar-refractivity contribution in [3.8, 4) is 17.3 Å². The number of sulfonamides is 1. The molecule has 166 valence electrons. The number of hydrogen-bond acceptors (Lipinski definition) is 8. The molecule has 3 aromatic heterocycles. The van der Waals surface area contributed by atoms with Gasteiger partial charge in [-0.2, -0.15) is 5.26 Å². The Balaban J connectivity index is 1.48. The summed E-state index contributed by atoms with van der Waals surface area (Å²) in [5.74, 6) is 0.763. The molecule has 0 unspecified atom stereocenters. The van der Waals surface area contributed by atoms with Crippen LogP contribution in [0.5, 0.6) is 0 Å². The summed E-state index contributed by atoms with van der Waals surface area (Å²) in [6.07, 6.45) is 8.94. The maximum atomic E-state index is 12.1. The molecule has 2 aliphatic rings. The van der Waals surface area contributed by atoms with Crippen LogP contribution in [0.4, 0.5) is 5.95 Å². The highest BCUT2D eigenvalue weighted by Gasteiger charge is 2.31. The van der Waals surface area contributed by atoms with Gasteiger partial charge in [0.2, 0.25) is 16.0 Å². The minimum absolute atomic E-state index is 0.00487. The van der Waals surface area contributed by atoms with Crippen LogP contribution in [0, 0.1) is 23.2 Å². The Morgan fingerprint density at radius 1 is 1.22 bits per heavy atom. The van der Waals surface area contributed by atoms with Crippen LogP contribution in [0.15, 0.2) is 24.7 Å². The Morgan fingerprint density at radius 2 is 2.06 bits per heavy atom. The Hall–Kier alpha value is -3.10. The van der Waals surface area contributed by atoms with Crippen molar-refractivity contribution in [1.82, 2.24) is 29.2 Å². The van der Waals surface area contributed by atoms with Gasteiger partial charge >= 0.3 is 0 Å². The van der Waals surface area contributed by atoms with Crippen molar-refractivity contribution in [1.29, 1.82) is 5.26 Å². The number of nitrogens with zero attached hydrogens (tertiary/aromatic N) is 7. The molecule has 32 heavy (non-hydrogen) atoms. The van der Waals surface area contributed by atoms with E-state index >= 15 is 0 Å². The number of anilines is 1. The summed E-state index contributed by atoms with van der Waals surface area (Å²) >= 11 is 0. The summed E-state index contributed by atoms with van der Waals surface area (Å²) < 4.78 is 25.7. The van der Waals surface area contributed by atoms with Gasteiger partial charge < -0.3 is 9.88 Å². The zero-order valence-corrected chi connectivity index (χ0v) is 18.6. The second-order valence-corrected chi connectivity index (χ2v) is 10.5. The minimum atomic E-state index is -3.22. The Morgan fingerprint density at radius 3 is 2.84 bits per heavy atom. The highest BCUT2D eigenvalue weighted by molar-refractivity contribution is 7.88. The fourth-order valence-corrected chi connectivity index (χ4v) is 5.32.